The number of rotatable bonds is 10. The number of ether oxygens (including phenoxy) is 1. The first-order valence-corrected chi connectivity index (χ1v) is 13.0. The number of nitrogens with one attached hydrogen (secondary N) is 1. The third-order valence-electron chi connectivity index (χ3n) is 4.18. The highest BCUT2D eigenvalue weighted by atomic mass is 32.2. The van der Waals surface area contributed by atoms with Gasteiger partial charge in [-0.1, -0.05) is 11.8 Å². The van der Waals surface area contributed by atoms with Gasteiger partial charge in [0, 0.05) is 57.1 Å². The molecule has 0 aromatic carbocycles. The third kappa shape index (κ3) is 7.86. The molecule has 2 heterocycles. The lowest BCUT2D eigenvalue weighted by molar-refractivity contribution is 0.0904. The Hall–Kier alpha value is -0.880. The maximum atomic E-state index is 12.4. The van der Waals surface area contributed by atoms with E-state index < -0.39 is 10.0 Å². The van der Waals surface area contributed by atoms with Crippen LogP contribution in [0.2, 0.25) is 0 Å². The van der Waals surface area contributed by atoms with Gasteiger partial charge in [-0.3, -0.25) is 4.99 Å². The van der Waals surface area contributed by atoms with Crippen molar-refractivity contribution < 1.29 is 13.2 Å². The number of nitrogens with zero attached hydrogens (tertiary/aromatic N) is 4. The Morgan fingerprint density at radius 1 is 1.39 bits per heavy atom. The van der Waals surface area contributed by atoms with Crippen molar-refractivity contribution in [3.63, 3.8) is 0 Å². The number of aliphatic imine (C=N–C) groups is 1. The number of thioether (sulfide) groups is 1. The Balaban J connectivity index is 1.68. The zero-order chi connectivity index (χ0) is 20.4. The molecule has 0 radical (unpaired) electrons. The van der Waals surface area contributed by atoms with Gasteiger partial charge in [0.05, 0.1) is 18.5 Å². The number of thiazole rings is 1. The average molecular weight is 450 g/mol. The summed E-state index contributed by atoms with van der Waals surface area (Å²) in [6.07, 6.45) is 2.87. The van der Waals surface area contributed by atoms with Crippen LogP contribution in [-0.4, -0.2) is 92.6 Å². The van der Waals surface area contributed by atoms with Crippen LogP contribution in [-0.2, 0) is 14.8 Å². The summed E-state index contributed by atoms with van der Waals surface area (Å²) in [5.74, 6) is 1.87. The predicted octanol–water partition coefficient (Wildman–Crippen LogP) is 1.57. The lowest BCUT2D eigenvalue weighted by Gasteiger charge is -2.35. The van der Waals surface area contributed by atoms with Gasteiger partial charge in [0.2, 0.25) is 10.0 Å². The van der Waals surface area contributed by atoms with E-state index in [-0.39, 0.29) is 18.5 Å². The van der Waals surface area contributed by atoms with Gasteiger partial charge in [0.15, 0.2) is 5.96 Å². The Morgan fingerprint density at radius 2 is 2.14 bits per heavy atom. The number of sulfonamides is 1. The normalized spacial score (nSPS) is 16.7. The van der Waals surface area contributed by atoms with Crippen LogP contribution in [0, 0.1) is 0 Å². The van der Waals surface area contributed by atoms with Gasteiger partial charge >= 0.3 is 0 Å². The first-order chi connectivity index (χ1) is 13.4. The third-order valence-corrected chi connectivity index (χ3v) is 8.06. The highest BCUT2D eigenvalue weighted by molar-refractivity contribution is 8.01. The summed E-state index contributed by atoms with van der Waals surface area (Å²) < 4.78 is 32.9. The molecular weight excluding hydrogens is 418 g/mol. The predicted molar refractivity (Wildman–Crippen MR) is 117 cm³/mol. The molecule has 0 spiro atoms. The minimum absolute atomic E-state index is 0.0366. The van der Waals surface area contributed by atoms with E-state index in [1.54, 1.807) is 34.5 Å². The van der Waals surface area contributed by atoms with Crippen molar-refractivity contribution in [3.8, 4) is 0 Å². The molecule has 0 atom stereocenters. The summed E-state index contributed by atoms with van der Waals surface area (Å²) in [6.45, 7) is 7.10. The number of aromatic nitrogens is 1. The highest BCUT2D eigenvalue weighted by Crippen LogP contribution is 2.20. The van der Waals surface area contributed by atoms with Crippen LogP contribution in [0.3, 0.4) is 0 Å². The first-order valence-electron chi connectivity index (χ1n) is 9.49. The Labute approximate surface area is 176 Å². The van der Waals surface area contributed by atoms with Crippen molar-refractivity contribution >= 4 is 39.1 Å². The molecule has 1 N–H and O–H groups in total. The molecule has 11 heteroatoms. The second-order valence-corrected chi connectivity index (χ2v) is 10.9. The molecule has 1 saturated heterocycles. The molecule has 1 aromatic heterocycles. The summed E-state index contributed by atoms with van der Waals surface area (Å²) in [7, 11) is -1.50. The quantitative estimate of drug-likeness (QED) is 0.251. The molecule has 160 valence electrons. The van der Waals surface area contributed by atoms with Crippen LogP contribution in [0.25, 0.3) is 0 Å². The highest BCUT2D eigenvalue weighted by Gasteiger charge is 2.27. The number of hydrogen-bond donors (Lipinski definition) is 1. The van der Waals surface area contributed by atoms with E-state index in [0.29, 0.717) is 26.2 Å². The van der Waals surface area contributed by atoms with E-state index >= 15 is 0 Å². The Bertz CT molecular complexity index is 687. The zero-order valence-electron chi connectivity index (χ0n) is 16.8. The summed E-state index contributed by atoms with van der Waals surface area (Å²) in [5, 5.41) is 5.36. The molecule has 0 bridgehead atoms. The number of guanidine groups is 1. The molecule has 0 saturated carbocycles. The van der Waals surface area contributed by atoms with Crippen LogP contribution in [0.5, 0.6) is 0 Å². The molecule has 1 fully saturated rings. The average Bonchev–Trinajstić information content (AvgIpc) is 3.18. The standard InChI is InChI=1S/C17H31N5O3S3/c1-15(2)25-11-14-28(23,24)22-9-7-21(8-10-22)16(18-3)19-5-4-12-26-17-20-6-13-27-17/h6,13,15H,4-5,7-12,14H2,1-3H3,(H,18,19). The fraction of sp³-hybridized carbons (Fsp3) is 0.765. The maximum absolute atomic E-state index is 12.4. The van der Waals surface area contributed by atoms with Crippen molar-refractivity contribution in [2.45, 2.75) is 30.7 Å². The first kappa shape index (κ1) is 23.4. The number of piperazine rings is 1. The van der Waals surface area contributed by atoms with E-state index in [0.717, 1.165) is 29.0 Å². The van der Waals surface area contributed by atoms with Gasteiger partial charge in [0.25, 0.3) is 0 Å². The van der Waals surface area contributed by atoms with Gasteiger partial charge in [0.1, 0.15) is 4.34 Å². The van der Waals surface area contributed by atoms with Crippen LogP contribution in [0.4, 0.5) is 0 Å². The van der Waals surface area contributed by atoms with Crippen molar-refractivity contribution in [2.24, 2.45) is 4.99 Å². The molecule has 2 rings (SSSR count). The van der Waals surface area contributed by atoms with Crippen molar-refractivity contribution in [1.29, 1.82) is 0 Å². The molecule has 0 unspecified atom stereocenters. The van der Waals surface area contributed by atoms with Gasteiger partial charge < -0.3 is 15.0 Å². The molecule has 0 amide bonds. The van der Waals surface area contributed by atoms with Crippen LogP contribution >= 0.6 is 23.1 Å². The van der Waals surface area contributed by atoms with Crippen LogP contribution < -0.4 is 5.32 Å². The maximum Gasteiger partial charge on any atom is 0.216 e. The van der Waals surface area contributed by atoms with E-state index in [2.05, 4.69) is 20.2 Å². The second-order valence-electron chi connectivity index (χ2n) is 6.60. The zero-order valence-corrected chi connectivity index (χ0v) is 19.3. The Morgan fingerprint density at radius 3 is 2.75 bits per heavy atom. The summed E-state index contributed by atoms with van der Waals surface area (Å²) in [6, 6.07) is 0. The van der Waals surface area contributed by atoms with Crippen molar-refractivity contribution in [2.75, 3.05) is 57.9 Å². The van der Waals surface area contributed by atoms with Crippen LogP contribution in [0.1, 0.15) is 20.3 Å². The summed E-state index contributed by atoms with van der Waals surface area (Å²) in [5.41, 5.74) is 0. The lowest BCUT2D eigenvalue weighted by Crippen LogP contribution is -2.54. The molecule has 1 aliphatic heterocycles. The van der Waals surface area contributed by atoms with E-state index in [1.165, 1.54) is 0 Å². The molecule has 8 nitrogen and oxygen atoms in total. The topological polar surface area (TPSA) is 87.1 Å². The van der Waals surface area contributed by atoms with E-state index in [9.17, 15) is 8.42 Å². The molecule has 28 heavy (non-hydrogen) atoms. The fourth-order valence-corrected chi connectivity index (χ4v) is 5.67. The van der Waals surface area contributed by atoms with Gasteiger partial charge in [-0.05, 0) is 20.3 Å². The van der Waals surface area contributed by atoms with Crippen molar-refractivity contribution in [1.82, 2.24) is 19.5 Å². The fourth-order valence-electron chi connectivity index (χ4n) is 2.74. The van der Waals surface area contributed by atoms with Crippen molar-refractivity contribution in [3.05, 3.63) is 11.6 Å². The Kier molecular flexibility index (Phi) is 10.00. The van der Waals surface area contributed by atoms with Gasteiger partial charge in [-0.15, -0.1) is 11.3 Å². The largest absolute Gasteiger partial charge is 0.378 e. The smallest absolute Gasteiger partial charge is 0.216 e. The van der Waals surface area contributed by atoms with Crippen LogP contribution in [0.15, 0.2) is 20.9 Å². The molecule has 1 aliphatic rings. The van der Waals surface area contributed by atoms with E-state index in [4.69, 9.17) is 4.74 Å². The minimum atomic E-state index is -3.27. The molecule has 1 aromatic rings. The van der Waals surface area contributed by atoms with Gasteiger partial charge in [-0.25, -0.2) is 13.4 Å². The summed E-state index contributed by atoms with van der Waals surface area (Å²) in [4.78, 5) is 10.7. The molecule has 0 aliphatic carbocycles. The second kappa shape index (κ2) is 12.0. The molecular formula is C17H31N5O3S3. The minimum Gasteiger partial charge on any atom is -0.378 e. The SMILES string of the molecule is CN=C(NCCCSc1nccs1)N1CCN(S(=O)(=O)CCOC(C)C)CC1. The summed E-state index contributed by atoms with van der Waals surface area (Å²) >= 11 is 3.42. The number of hydrogen-bond acceptors (Lipinski definition) is 7. The monoisotopic (exact) mass is 449 g/mol. The lowest BCUT2D eigenvalue weighted by atomic mass is 10.4. The van der Waals surface area contributed by atoms with E-state index in [1.807, 2.05) is 25.4 Å². The van der Waals surface area contributed by atoms with Gasteiger partial charge in [-0.2, -0.15) is 4.31 Å².